The van der Waals surface area contributed by atoms with E-state index in [2.05, 4.69) is 27.0 Å². The molecular weight excluding hydrogens is 166 g/mol. The second-order valence-corrected chi connectivity index (χ2v) is 3.05. The molecule has 44 valence electrons. The number of aliphatic imine (C=N–C) groups is 1. The van der Waals surface area contributed by atoms with Gasteiger partial charge < -0.3 is 0 Å². The standard InChI is InChI=1S/C6H8BrN/c1-5-4-6(7)2-3-8-5/h3-4,6H,2H2,1H3. The van der Waals surface area contributed by atoms with Crippen LogP contribution in [0.3, 0.4) is 0 Å². The number of halogens is 1. The molecule has 0 aromatic rings. The van der Waals surface area contributed by atoms with Crippen molar-refractivity contribution >= 4 is 22.1 Å². The maximum absolute atomic E-state index is 4.09. The van der Waals surface area contributed by atoms with Crippen molar-refractivity contribution in [3.8, 4) is 0 Å². The van der Waals surface area contributed by atoms with Crippen LogP contribution in [0.2, 0.25) is 0 Å². The molecule has 1 nitrogen and oxygen atoms in total. The Morgan fingerprint density at radius 1 is 1.88 bits per heavy atom. The fraction of sp³-hybridized carbons (Fsp3) is 0.500. The number of allylic oxidation sites excluding steroid dienone is 2. The molecule has 0 bridgehead atoms. The Balaban J connectivity index is 2.63. The molecule has 1 unspecified atom stereocenters. The van der Waals surface area contributed by atoms with Crippen molar-refractivity contribution in [2.75, 3.05) is 0 Å². The van der Waals surface area contributed by atoms with Crippen molar-refractivity contribution in [1.29, 1.82) is 0 Å². The number of hydrogen-bond donors (Lipinski definition) is 0. The molecule has 2 heteroatoms. The summed E-state index contributed by atoms with van der Waals surface area (Å²) in [4.78, 5) is 4.60. The average Bonchev–Trinajstić information content (AvgIpc) is 1.64. The molecule has 0 aromatic heterocycles. The Labute approximate surface area is 57.6 Å². The molecule has 1 heterocycles. The van der Waals surface area contributed by atoms with Gasteiger partial charge in [0, 0.05) is 16.7 Å². The first-order valence-electron chi connectivity index (χ1n) is 2.64. The summed E-state index contributed by atoms with van der Waals surface area (Å²) >= 11 is 3.46. The highest BCUT2D eigenvalue weighted by Crippen LogP contribution is 2.12. The van der Waals surface area contributed by atoms with E-state index in [9.17, 15) is 0 Å². The van der Waals surface area contributed by atoms with E-state index in [4.69, 9.17) is 0 Å². The SMILES string of the molecule is CC1=CC(Br)CC=N1. The van der Waals surface area contributed by atoms with E-state index in [-0.39, 0.29) is 0 Å². The second-order valence-electron chi connectivity index (χ2n) is 1.87. The van der Waals surface area contributed by atoms with Crippen molar-refractivity contribution in [2.45, 2.75) is 18.2 Å². The molecule has 0 spiro atoms. The number of hydrogen-bond acceptors (Lipinski definition) is 1. The van der Waals surface area contributed by atoms with Crippen molar-refractivity contribution in [2.24, 2.45) is 4.99 Å². The monoisotopic (exact) mass is 173 g/mol. The van der Waals surface area contributed by atoms with Crippen molar-refractivity contribution in [3.63, 3.8) is 0 Å². The van der Waals surface area contributed by atoms with Gasteiger partial charge in [-0.3, -0.25) is 4.99 Å². The van der Waals surface area contributed by atoms with Crippen LogP contribution in [-0.4, -0.2) is 11.0 Å². The highest BCUT2D eigenvalue weighted by Gasteiger charge is 2.01. The van der Waals surface area contributed by atoms with Gasteiger partial charge in [-0.25, -0.2) is 0 Å². The van der Waals surface area contributed by atoms with Crippen LogP contribution in [0.25, 0.3) is 0 Å². The largest absolute Gasteiger partial charge is 0.266 e. The molecule has 0 saturated heterocycles. The van der Waals surface area contributed by atoms with Crippen LogP contribution < -0.4 is 0 Å². The molecule has 0 saturated carbocycles. The smallest absolute Gasteiger partial charge is 0.0395 e. The van der Waals surface area contributed by atoms with Crippen LogP contribution >= 0.6 is 15.9 Å². The van der Waals surface area contributed by atoms with Gasteiger partial charge in [0.05, 0.1) is 0 Å². The van der Waals surface area contributed by atoms with Gasteiger partial charge >= 0.3 is 0 Å². The quantitative estimate of drug-likeness (QED) is 0.499. The Bertz CT molecular complexity index is 137. The Morgan fingerprint density at radius 2 is 2.62 bits per heavy atom. The van der Waals surface area contributed by atoms with E-state index in [1.807, 2.05) is 13.1 Å². The van der Waals surface area contributed by atoms with Crippen LogP contribution in [0.1, 0.15) is 13.3 Å². The van der Waals surface area contributed by atoms with Gasteiger partial charge in [0.25, 0.3) is 0 Å². The van der Waals surface area contributed by atoms with Crippen molar-refractivity contribution in [3.05, 3.63) is 11.8 Å². The summed E-state index contributed by atoms with van der Waals surface area (Å²) in [5, 5.41) is 0. The summed E-state index contributed by atoms with van der Waals surface area (Å²) < 4.78 is 0. The molecular formula is C6H8BrN. The Kier molecular flexibility index (Phi) is 1.84. The molecule has 0 aromatic carbocycles. The lowest BCUT2D eigenvalue weighted by Crippen LogP contribution is -1.98. The zero-order chi connectivity index (χ0) is 5.98. The molecule has 0 fully saturated rings. The number of nitrogens with zero attached hydrogens (tertiary/aromatic N) is 1. The maximum Gasteiger partial charge on any atom is 0.0395 e. The zero-order valence-corrected chi connectivity index (χ0v) is 6.35. The third-order valence-electron chi connectivity index (χ3n) is 1.05. The maximum atomic E-state index is 4.09. The van der Waals surface area contributed by atoms with E-state index >= 15 is 0 Å². The Hall–Kier alpha value is -0.110. The predicted octanol–water partition coefficient (Wildman–Crippen LogP) is 2.13. The molecule has 0 aliphatic carbocycles. The molecule has 0 N–H and O–H groups in total. The van der Waals surface area contributed by atoms with E-state index in [1.165, 1.54) is 0 Å². The average molecular weight is 174 g/mol. The zero-order valence-electron chi connectivity index (χ0n) is 4.76. The second kappa shape index (κ2) is 2.44. The predicted molar refractivity (Wildman–Crippen MR) is 39.6 cm³/mol. The number of alkyl halides is 1. The van der Waals surface area contributed by atoms with Crippen LogP contribution in [0.15, 0.2) is 16.8 Å². The summed E-state index contributed by atoms with van der Waals surface area (Å²) in [7, 11) is 0. The minimum absolute atomic E-state index is 0.514. The van der Waals surface area contributed by atoms with Crippen molar-refractivity contribution in [1.82, 2.24) is 0 Å². The number of rotatable bonds is 0. The van der Waals surface area contributed by atoms with Crippen molar-refractivity contribution < 1.29 is 0 Å². The van der Waals surface area contributed by atoms with Gasteiger partial charge in [-0.15, -0.1) is 0 Å². The van der Waals surface area contributed by atoms with Crippen LogP contribution in [-0.2, 0) is 0 Å². The summed E-state index contributed by atoms with van der Waals surface area (Å²) in [5.74, 6) is 0. The third kappa shape index (κ3) is 1.44. The normalized spacial score (nSPS) is 27.8. The third-order valence-corrected chi connectivity index (χ3v) is 1.69. The highest BCUT2D eigenvalue weighted by atomic mass is 79.9. The molecule has 8 heavy (non-hydrogen) atoms. The van der Waals surface area contributed by atoms with Gasteiger partial charge in [-0.1, -0.05) is 15.9 Å². The van der Waals surface area contributed by atoms with E-state index in [1.54, 1.807) is 0 Å². The minimum Gasteiger partial charge on any atom is -0.266 e. The summed E-state index contributed by atoms with van der Waals surface area (Å²) in [5.41, 5.74) is 1.11. The first-order valence-corrected chi connectivity index (χ1v) is 3.55. The van der Waals surface area contributed by atoms with Gasteiger partial charge in [0.2, 0.25) is 0 Å². The molecule has 1 rings (SSSR count). The lowest BCUT2D eigenvalue weighted by atomic mass is 10.2. The highest BCUT2D eigenvalue weighted by molar-refractivity contribution is 9.09. The van der Waals surface area contributed by atoms with E-state index < -0.39 is 0 Å². The summed E-state index contributed by atoms with van der Waals surface area (Å²) in [6.07, 6.45) is 5.08. The van der Waals surface area contributed by atoms with E-state index in [0.717, 1.165) is 12.1 Å². The first-order chi connectivity index (χ1) is 3.79. The van der Waals surface area contributed by atoms with Gasteiger partial charge in [-0.05, 0) is 19.4 Å². The molecule has 0 radical (unpaired) electrons. The van der Waals surface area contributed by atoms with Gasteiger partial charge in [-0.2, -0.15) is 0 Å². The molecule has 1 aliphatic rings. The van der Waals surface area contributed by atoms with E-state index in [0.29, 0.717) is 4.83 Å². The fourth-order valence-electron chi connectivity index (χ4n) is 0.670. The molecule has 1 aliphatic heterocycles. The Morgan fingerprint density at radius 3 is 3.00 bits per heavy atom. The minimum atomic E-state index is 0.514. The van der Waals surface area contributed by atoms with Crippen LogP contribution in [0.5, 0.6) is 0 Å². The molecule has 1 atom stereocenters. The summed E-state index contributed by atoms with van der Waals surface area (Å²) in [6, 6.07) is 0. The van der Waals surface area contributed by atoms with Gasteiger partial charge in [0.15, 0.2) is 0 Å². The topological polar surface area (TPSA) is 12.4 Å². The fourth-order valence-corrected chi connectivity index (χ4v) is 1.22. The van der Waals surface area contributed by atoms with Crippen LogP contribution in [0, 0.1) is 0 Å². The molecule has 0 amide bonds. The van der Waals surface area contributed by atoms with Gasteiger partial charge in [0.1, 0.15) is 0 Å². The first kappa shape index (κ1) is 6.02. The summed E-state index contributed by atoms with van der Waals surface area (Å²) in [6.45, 7) is 2.00. The lowest BCUT2D eigenvalue weighted by Gasteiger charge is -2.04. The van der Waals surface area contributed by atoms with Crippen LogP contribution in [0.4, 0.5) is 0 Å². The lowest BCUT2D eigenvalue weighted by molar-refractivity contribution is 1.08.